The minimum atomic E-state index is -2.96. The summed E-state index contributed by atoms with van der Waals surface area (Å²) in [5, 5.41) is 0.566. The maximum atomic E-state index is 12.5. The molecule has 1 heterocycles. The average Bonchev–Trinajstić information content (AvgIpc) is 2.46. The first-order chi connectivity index (χ1) is 9.63. The quantitative estimate of drug-likeness (QED) is 0.784. The van der Waals surface area contributed by atoms with Gasteiger partial charge >= 0.3 is 6.61 Å². The smallest absolute Gasteiger partial charge is 0.387 e. The number of alkyl halides is 3. The molecule has 1 aliphatic rings. The van der Waals surface area contributed by atoms with E-state index in [-0.39, 0.29) is 23.3 Å². The van der Waals surface area contributed by atoms with Crippen molar-refractivity contribution >= 4 is 21.8 Å². The summed E-state index contributed by atoms with van der Waals surface area (Å²) in [6.07, 6.45) is 0. The summed E-state index contributed by atoms with van der Waals surface area (Å²) in [7, 11) is 0. The lowest BCUT2D eigenvalue weighted by Crippen LogP contribution is -2.49. The zero-order valence-electron chi connectivity index (χ0n) is 10.6. The second-order valence-electron chi connectivity index (χ2n) is 4.26. The molecule has 1 fully saturated rings. The molecule has 1 aromatic rings. The molecule has 0 spiro atoms. The topological polar surface area (TPSA) is 38.8 Å². The highest BCUT2D eigenvalue weighted by Gasteiger charge is 2.29. The van der Waals surface area contributed by atoms with Crippen LogP contribution < -0.4 is 4.74 Å². The molecule has 4 nitrogen and oxygen atoms in total. The molecule has 1 unspecified atom stereocenters. The van der Waals surface area contributed by atoms with E-state index >= 15 is 0 Å². The van der Waals surface area contributed by atoms with Crippen molar-refractivity contribution in [3.63, 3.8) is 0 Å². The van der Waals surface area contributed by atoms with Gasteiger partial charge < -0.3 is 14.4 Å². The van der Waals surface area contributed by atoms with Crippen molar-refractivity contribution in [1.29, 1.82) is 0 Å². The van der Waals surface area contributed by atoms with Gasteiger partial charge in [-0.25, -0.2) is 0 Å². The molecule has 0 aromatic heterocycles. The zero-order valence-corrected chi connectivity index (χ0v) is 12.2. The van der Waals surface area contributed by atoms with Crippen LogP contribution in [0, 0.1) is 0 Å². The van der Waals surface area contributed by atoms with E-state index in [2.05, 4.69) is 20.7 Å². The summed E-state index contributed by atoms with van der Waals surface area (Å²) in [5.74, 6) is -0.429. The van der Waals surface area contributed by atoms with Gasteiger partial charge in [0.25, 0.3) is 5.91 Å². The van der Waals surface area contributed by atoms with Crippen molar-refractivity contribution < 1.29 is 23.0 Å². The molecule has 110 valence electrons. The Balaban J connectivity index is 2.23. The van der Waals surface area contributed by atoms with Gasteiger partial charge in [-0.05, 0) is 12.1 Å². The normalized spacial score (nSPS) is 19.2. The number of hydrogen-bond acceptors (Lipinski definition) is 3. The number of hydrogen-bond donors (Lipinski definition) is 0. The molecule has 0 radical (unpaired) electrons. The Hall–Kier alpha value is -1.21. The molecule has 1 aromatic carbocycles. The molecule has 0 bridgehead atoms. The standard InChI is InChI=1S/C13H14BrF2NO3/c14-7-9-8-19-6-5-17(9)12(18)10-3-1-2-4-11(10)20-13(15)16/h1-4,9,13H,5-8H2. The van der Waals surface area contributed by atoms with Crippen LogP contribution in [-0.4, -0.2) is 48.5 Å². The fourth-order valence-corrected chi connectivity index (χ4v) is 2.58. The van der Waals surface area contributed by atoms with Crippen molar-refractivity contribution in [2.75, 3.05) is 25.1 Å². The number of nitrogens with zero attached hydrogens (tertiary/aromatic N) is 1. The number of para-hydroxylation sites is 1. The van der Waals surface area contributed by atoms with E-state index in [0.29, 0.717) is 25.1 Å². The fourth-order valence-electron chi connectivity index (χ4n) is 2.05. The lowest BCUT2D eigenvalue weighted by atomic mass is 10.1. The second kappa shape index (κ2) is 6.99. The number of ether oxygens (including phenoxy) is 2. The highest BCUT2D eigenvalue weighted by atomic mass is 79.9. The SMILES string of the molecule is O=C(c1ccccc1OC(F)F)N1CCOCC1CBr. The molecule has 20 heavy (non-hydrogen) atoms. The molecule has 1 atom stereocenters. The molecule has 1 saturated heterocycles. The van der Waals surface area contributed by atoms with Crippen LogP contribution in [0.25, 0.3) is 0 Å². The third-order valence-electron chi connectivity index (χ3n) is 3.00. The van der Waals surface area contributed by atoms with Crippen molar-refractivity contribution in [2.45, 2.75) is 12.7 Å². The van der Waals surface area contributed by atoms with Crippen LogP contribution in [0.1, 0.15) is 10.4 Å². The van der Waals surface area contributed by atoms with E-state index in [4.69, 9.17) is 4.74 Å². The van der Waals surface area contributed by atoms with Crippen LogP contribution in [0.15, 0.2) is 24.3 Å². The Labute approximate surface area is 123 Å². The molecule has 0 aliphatic carbocycles. The largest absolute Gasteiger partial charge is 0.434 e. The Morgan fingerprint density at radius 2 is 2.25 bits per heavy atom. The number of amides is 1. The third kappa shape index (κ3) is 3.46. The van der Waals surface area contributed by atoms with Crippen molar-refractivity contribution in [3.05, 3.63) is 29.8 Å². The summed E-state index contributed by atoms with van der Waals surface area (Å²) >= 11 is 3.33. The molecular formula is C13H14BrF2NO3. The minimum Gasteiger partial charge on any atom is -0.434 e. The van der Waals surface area contributed by atoms with E-state index in [1.54, 1.807) is 17.0 Å². The van der Waals surface area contributed by atoms with Gasteiger partial charge in [-0.1, -0.05) is 28.1 Å². The predicted octanol–water partition coefficient (Wildman–Crippen LogP) is 2.52. The Bertz CT molecular complexity index is 473. The molecule has 0 N–H and O–H groups in total. The number of halogens is 3. The highest BCUT2D eigenvalue weighted by Crippen LogP contribution is 2.24. The van der Waals surface area contributed by atoms with Crippen LogP contribution in [0.2, 0.25) is 0 Å². The Kier molecular flexibility index (Phi) is 5.31. The summed E-state index contributed by atoms with van der Waals surface area (Å²) < 4.78 is 34.5. The number of rotatable bonds is 4. The van der Waals surface area contributed by atoms with E-state index in [1.807, 2.05) is 0 Å². The number of carbonyl (C=O) groups is 1. The Morgan fingerprint density at radius 1 is 1.50 bits per heavy atom. The van der Waals surface area contributed by atoms with Gasteiger partial charge in [-0.3, -0.25) is 4.79 Å². The van der Waals surface area contributed by atoms with Crippen LogP contribution in [0.4, 0.5) is 8.78 Å². The molecular weight excluding hydrogens is 336 g/mol. The minimum absolute atomic E-state index is 0.104. The van der Waals surface area contributed by atoms with Crippen LogP contribution >= 0.6 is 15.9 Å². The summed E-state index contributed by atoms with van der Waals surface area (Å²) in [6.45, 7) is -1.67. The first kappa shape index (κ1) is 15.2. The zero-order chi connectivity index (χ0) is 14.5. The van der Waals surface area contributed by atoms with Gasteiger partial charge in [0, 0.05) is 11.9 Å². The molecule has 2 rings (SSSR count). The van der Waals surface area contributed by atoms with Gasteiger partial charge in [0.05, 0.1) is 24.8 Å². The number of carbonyl (C=O) groups excluding carboxylic acids is 1. The third-order valence-corrected chi connectivity index (χ3v) is 3.75. The monoisotopic (exact) mass is 349 g/mol. The predicted molar refractivity (Wildman–Crippen MR) is 72.5 cm³/mol. The molecule has 0 saturated carbocycles. The first-order valence-corrected chi connectivity index (χ1v) is 7.24. The summed E-state index contributed by atoms with van der Waals surface area (Å²) in [4.78, 5) is 14.1. The first-order valence-electron chi connectivity index (χ1n) is 6.12. The van der Waals surface area contributed by atoms with Crippen molar-refractivity contribution in [2.24, 2.45) is 0 Å². The number of benzene rings is 1. The van der Waals surface area contributed by atoms with Gasteiger partial charge in [0.2, 0.25) is 0 Å². The lowest BCUT2D eigenvalue weighted by molar-refractivity contribution is -0.0505. The maximum absolute atomic E-state index is 12.5. The van der Waals surface area contributed by atoms with Crippen LogP contribution in [0.5, 0.6) is 5.75 Å². The number of morpholine rings is 1. The van der Waals surface area contributed by atoms with Gasteiger partial charge in [-0.15, -0.1) is 0 Å². The molecule has 1 aliphatic heterocycles. The van der Waals surface area contributed by atoms with E-state index in [0.717, 1.165) is 0 Å². The maximum Gasteiger partial charge on any atom is 0.387 e. The lowest BCUT2D eigenvalue weighted by Gasteiger charge is -2.34. The van der Waals surface area contributed by atoms with Gasteiger partial charge in [-0.2, -0.15) is 8.78 Å². The van der Waals surface area contributed by atoms with Crippen molar-refractivity contribution in [1.82, 2.24) is 4.90 Å². The van der Waals surface area contributed by atoms with Gasteiger partial charge in [0.15, 0.2) is 0 Å². The second-order valence-corrected chi connectivity index (χ2v) is 4.90. The fraction of sp³-hybridized carbons (Fsp3) is 0.462. The Morgan fingerprint density at radius 3 is 2.95 bits per heavy atom. The summed E-state index contributed by atoms with van der Waals surface area (Å²) in [6, 6.07) is 5.91. The van der Waals surface area contributed by atoms with Crippen LogP contribution in [0.3, 0.4) is 0 Å². The highest BCUT2D eigenvalue weighted by molar-refractivity contribution is 9.09. The summed E-state index contributed by atoms with van der Waals surface area (Å²) in [5.41, 5.74) is 0.139. The van der Waals surface area contributed by atoms with Gasteiger partial charge in [0.1, 0.15) is 5.75 Å². The van der Waals surface area contributed by atoms with Crippen molar-refractivity contribution in [3.8, 4) is 5.75 Å². The van der Waals surface area contributed by atoms with Crippen LogP contribution in [-0.2, 0) is 4.74 Å². The molecule has 7 heteroatoms. The van der Waals surface area contributed by atoms with E-state index in [9.17, 15) is 13.6 Å². The average molecular weight is 350 g/mol. The van der Waals surface area contributed by atoms with E-state index < -0.39 is 6.61 Å². The molecule has 1 amide bonds. The van der Waals surface area contributed by atoms with E-state index in [1.165, 1.54) is 12.1 Å².